The summed E-state index contributed by atoms with van der Waals surface area (Å²) in [4.78, 5) is 3.94. The Kier molecular flexibility index (Phi) is 3.92. The zero-order valence-electron chi connectivity index (χ0n) is 12.1. The molecular formula is C16H11F3N2O2S. The van der Waals surface area contributed by atoms with E-state index >= 15 is 0 Å². The second-order valence-electron chi connectivity index (χ2n) is 4.94. The number of aromatic nitrogens is 2. The van der Waals surface area contributed by atoms with Crippen LogP contribution in [-0.2, 0) is 16.2 Å². The van der Waals surface area contributed by atoms with Crippen molar-refractivity contribution in [2.45, 2.75) is 11.1 Å². The molecule has 24 heavy (non-hydrogen) atoms. The number of imidazole rings is 1. The first-order chi connectivity index (χ1) is 11.3. The third kappa shape index (κ3) is 2.92. The maximum absolute atomic E-state index is 12.9. The summed E-state index contributed by atoms with van der Waals surface area (Å²) in [6.45, 7) is 0. The number of rotatable bonds is 3. The molecule has 2 aromatic carbocycles. The smallest absolute Gasteiger partial charge is 0.236 e. The van der Waals surface area contributed by atoms with Gasteiger partial charge in [-0.05, 0) is 24.3 Å². The summed E-state index contributed by atoms with van der Waals surface area (Å²) in [6.07, 6.45) is -2.08. The molecule has 8 heteroatoms. The molecule has 0 bridgehead atoms. The van der Waals surface area contributed by atoms with Crippen molar-refractivity contribution in [2.24, 2.45) is 0 Å². The van der Waals surface area contributed by atoms with Crippen molar-refractivity contribution in [1.82, 2.24) is 8.96 Å². The Morgan fingerprint density at radius 1 is 0.958 bits per heavy atom. The van der Waals surface area contributed by atoms with Crippen LogP contribution in [0.1, 0.15) is 5.56 Å². The van der Waals surface area contributed by atoms with Crippen molar-refractivity contribution in [3.63, 3.8) is 0 Å². The van der Waals surface area contributed by atoms with Crippen LogP contribution in [0.4, 0.5) is 13.2 Å². The van der Waals surface area contributed by atoms with Gasteiger partial charge in [-0.25, -0.2) is 17.4 Å². The van der Waals surface area contributed by atoms with Gasteiger partial charge in [0.25, 0.3) is 10.0 Å². The Hall–Kier alpha value is -2.61. The molecule has 0 aliphatic rings. The molecule has 0 unspecified atom stereocenters. The van der Waals surface area contributed by atoms with Crippen LogP contribution in [0.3, 0.4) is 0 Å². The molecule has 124 valence electrons. The average molecular weight is 352 g/mol. The Morgan fingerprint density at radius 2 is 1.67 bits per heavy atom. The molecule has 0 saturated carbocycles. The molecule has 0 N–H and O–H groups in total. The second kappa shape index (κ2) is 5.79. The molecular weight excluding hydrogens is 341 g/mol. The van der Waals surface area contributed by atoms with Gasteiger partial charge in [-0.15, -0.1) is 0 Å². The fourth-order valence-electron chi connectivity index (χ4n) is 2.23. The van der Waals surface area contributed by atoms with Gasteiger partial charge in [0, 0.05) is 18.0 Å². The van der Waals surface area contributed by atoms with Gasteiger partial charge in [0.15, 0.2) is 5.82 Å². The Bertz CT molecular complexity index is 964. The van der Waals surface area contributed by atoms with E-state index in [-0.39, 0.29) is 16.3 Å². The van der Waals surface area contributed by atoms with Crippen LogP contribution in [-0.4, -0.2) is 17.4 Å². The van der Waals surface area contributed by atoms with E-state index in [4.69, 9.17) is 0 Å². The minimum atomic E-state index is -4.52. The van der Waals surface area contributed by atoms with E-state index in [1.165, 1.54) is 36.7 Å². The summed E-state index contributed by atoms with van der Waals surface area (Å²) < 4.78 is 64.8. The van der Waals surface area contributed by atoms with Crippen LogP contribution in [0.25, 0.3) is 11.4 Å². The van der Waals surface area contributed by atoms with Gasteiger partial charge in [-0.1, -0.05) is 30.3 Å². The zero-order valence-corrected chi connectivity index (χ0v) is 12.9. The highest BCUT2D eigenvalue weighted by Crippen LogP contribution is 2.32. The maximum atomic E-state index is 12.9. The summed E-state index contributed by atoms with van der Waals surface area (Å²) in [5.41, 5.74) is -0.805. The van der Waals surface area contributed by atoms with Crippen LogP contribution in [0.5, 0.6) is 0 Å². The lowest BCUT2D eigenvalue weighted by molar-refractivity contribution is -0.137. The quantitative estimate of drug-likeness (QED) is 0.720. The molecule has 0 saturated heterocycles. The topological polar surface area (TPSA) is 52.0 Å². The van der Waals surface area contributed by atoms with Crippen molar-refractivity contribution in [1.29, 1.82) is 0 Å². The molecule has 4 nitrogen and oxygen atoms in total. The van der Waals surface area contributed by atoms with Crippen molar-refractivity contribution in [3.05, 3.63) is 72.6 Å². The lowest BCUT2D eigenvalue weighted by Gasteiger charge is -2.11. The first-order valence-corrected chi connectivity index (χ1v) is 8.26. The molecule has 1 heterocycles. The molecule has 3 aromatic rings. The minimum absolute atomic E-state index is 0.0243. The Labute approximate surface area is 136 Å². The van der Waals surface area contributed by atoms with Gasteiger partial charge in [0.1, 0.15) is 0 Å². The second-order valence-corrected chi connectivity index (χ2v) is 6.76. The van der Waals surface area contributed by atoms with E-state index in [0.29, 0.717) is 0 Å². The minimum Gasteiger partial charge on any atom is -0.236 e. The molecule has 0 aliphatic heterocycles. The van der Waals surface area contributed by atoms with Crippen LogP contribution < -0.4 is 0 Å². The zero-order chi connectivity index (χ0) is 17.4. The first-order valence-electron chi connectivity index (χ1n) is 6.82. The fourth-order valence-corrected chi connectivity index (χ4v) is 3.55. The van der Waals surface area contributed by atoms with E-state index in [0.717, 1.165) is 16.1 Å². The molecule has 0 radical (unpaired) electrons. The van der Waals surface area contributed by atoms with Crippen molar-refractivity contribution in [3.8, 4) is 11.4 Å². The highest BCUT2D eigenvalue weighted by molar-refractivity contribution is 7.90. The number of nitrogens with zero attached hydrogens (tertiary/aromatic N) is 2. The Balaban J connectivity index is 2.13. The molecule has 0 spiro atoms. The van der Waals surface area contributed by atoms with E-state index in [2.05, 4.69) is 4.98 Å². The Morgan fingerprint density at radius 3 is 2.33 bits per heavy atom. The number of benzene rings is 2. The summed E-state index contributed by atoms with van der Waals surface area (Å²) >= 11 is 0. The van der Waals surface area contributed by atoms with Gasteiger partial charge < -0.3 is 0 Å². The standard InChI is InChI=1S/C16H11F3N2O2S/c17-16(18,19)13-6-4-5-12(11-13)15-20-9-10-21(15)24(22,23)14-7-2-1-3-8-14/h1-11H. The normalized spacial score (nSPS) is 12.3. The molecule has 0 fully saturated rings. The number of hydrogen-bond donors (Lipinski definition) is 0. The summed E-state index contributed by atoms with van der Waals surface area (Å²) in [5.74, 6) is -0.0787. The van der Waals surface area contributed by atoms with Crippen LogP contribution in [0.2, 0.25) is 0 Å². The molecule has 0 atom stereocenters. The largest absolute Gasteiger partial charge is 0.416 e. The van der Waals surface area contributed by atoms with Crippen molar-refractivity contribution >= 4 is 10.0 Å². The highest BCUT2D eigenvalue weighted by Gasteiger charge is 2.31. The summed E-state index contributed by atoms with van der Waals surface area (Å²) in [7, 11) is -3.95. The highest BCUT2D eigenvalue weighted by atomic mass is 32.2. The lowest BCUT2D eigenvalue weighted by atomic mass is 10.1. The van der Waals surface area contributed by atoms with Gasteiger partial charge in [0.05, 0.1) is 10.5 Å². The van der Waals surface area contributed by atoms with Crippen molar-refractivity contribution in [2.75, 3.05) is 0 Å². The van der Waals surface area contributed by atoms with Crippen molar-refractivity contribution < 1.29 is 21.6 Å². The predicted octanol–water partition coefficient (Wildman–Crippen LogP) is 3.81. The number of alkyl halides is 3. The van der Waals surface area contributed by atoms with E-state index in [9.17, 15) is 21.6 Å². The average Bonchev–Trinajstić information content (AvgIpc) is 3.05. The molecule has 3 rings (SSSR count). The lowest BCUT2D eigenvalue weighted by Crippen LogP contribution is -2.13. The molecule has 0 aliphatic carbocycles. The van der Waals surface area contributed by atoms with Crippen LogP contribution >= 0.6 is 0 Å². The summed E-state index contributed by atoms with van der Waals surface area (Å²) in [5, 5.41) is 0. The van der Waals surface area contributed by atoms with E-state index in [1.807, 2.05) is 0 Å². The number of halogens is 3. The van der Waals surface area contributed by atoms with Gasteiger partial charge >= 0.3 is 6.18 Å². The van der Waals surface area contributed by atoms with Gasteiger partial charge in [-0.2, -0.15) is 13.2 Å². The summed E-state index contributed by atoms with van der Waals surface area (Å²) in [6, 6.07) is 12.0. The monoisotopic (exact) mass is 352 g/mol. The first kappa shape index (κ1) is 16.3. The third-order valence-electron chi connectivity index (χ3n) is 3.36. The van der Waals surface area contributed by atoms with Crippen LogP contribution in [0, 0.1) is 0 Å². The van der Waals surface area contributed by atoms with E-state index < -0.39 is 21.8 Å². The fraction of sp³-hybridized carbons (Fsp3) is 0.0625. The number of hydrogen-bond acceptors (Lipinski definition) is 3. The van der Waals surface area contributed by atoms with E-state index in [1.54, 1.807) is 18.2 Å². The predicted molar refractivity (Wildman–Crippen MR) is 81.7 cm³/mol. The maximum Gasteiger partial charge on any atom is 0.416 e. The molecule has 1 aromatic heterocycles. The van der Waals surface area contributed by atoms with Crippen LogP contribution in [0.15, 0.2) is 71.9 Å². The third-order valence-corrected chi connectivity index (χ3v) is 5.04. The van der Waals surface area contributed by atoms with Gasteiger partial charge in [-0.3, -0.25) is 0 Å². The molecule has 0 amide bonds. The SMILES string of the molecule is O=S(=O)(c1ccccc1)n1ccnc1-c1cccc(C(F)(F)F)c1. The van der Waals surface area contributed by atoms with Gasteiger partial charge in [0.2, 0.25) is 0 Å².